The first-order chi connectivity index (χ1) is 13.3. The number of aromatic nitrogens is 3. The minimum absolute atomic E-state index is 0.135. The van der Waals surface area contributed by atoms with Crippen LogP contribution < -0.4 is 27.0 Å². The van der Waals surface area contributed by atoms with E-state index in [4.69, 9.17) is 10.5 Å². The molecule has 2 aromatic heterocycles. The molecule has 0 saturated heterocycles. The fourth-order valence-corrected chi connectivity index (χ4v) is 3.59. The summed E-state index contributed by atoms with van der Waals surface area (Å²) in [4.78, 5) is 29.7. The summed E-state index contributed by atoms with van der Waals surface area (Å²) in [6.45, 7) is 4.38. The molecule has 3 rings (SSSR count). The van der Waals surface area contributed by atoms with Crippen LogP contribution in [-0.4, -0.2) is 21.2 Å². The van der Waals surface area contributed by atoms with E-state index in [2.05, 4.69) is 10.3 Å². The first-order valence-electron chi connectivity index (χ1n) is 8.78. The van der Waals surface area contributed by atoms with E-state index in [1.54, 1.807) is 12.5 Å². The van der Waals surface area contributed by atoms with E-state index in [9.17, 15) is 9.59 Å². The minimum Gasteiger partial charge on any atom is -0.495 e. The van der Waals surface area contributed by atoms with E-state index in [0.29, 0.717) is 23.1 Å². The number of thiazole rings is 1. The molecule has 2 heterocycles. The predicted molar refractivity (Wildman–Crippen MR) is 113 cm³/mol. The molecule has 148 valence electrons. The van der Waals surface area contributed by atoms with Gasteiger partial charge in [-0.1, -0.05) is 26.0 Å². The number of hydrogen-bond donors (Lipinski definition) is 2. The molecule has 9 heteroatoms. The normalized spacial score (nSPS) is 11.0. The molecule has 3 N–H and O–H groups in total. The lowest BCUT2D eigenvalue weighted by Gasteiger charge is -2.15. The summed E-state index contributed by atoms with van der Waals surface area (Å²) in [5.74, 6) is 1.01. The average Bonchev–Trinajstić information content (AvgIpc) is 3.12. The third kappa shape index (κ3) is 3.65. The molecule has 0 fully saturated rings. The summed E-state index contributed by atoms with van der Waals surface area (Å²) in [6, 6.07) is 7.47. The number of nitrogen functional groups attached to an aromatic ring is 1. The molecule has 0 aliphatic rings. The standard InChI is InChI=1S/C19H23N5O3S/c1-11(2)9-24-16(20)15(17(25)23(3)19(24)26)13-10-28-18(22-13)21-12-7-5-6-8-14(12)27-4/h5-8,10-11H,9,20H2,1-4H3,(H,21,22). The summed E-state index contributed by atoms with van der Waals surface area (Å²) in [7, 11) is 3.04. The van der Waals surface area contributed by atoms with Crippen LogP contribution in [0.15, 0.2) is 39.2 Å². The Kier molecular flexibility index (Phi) is 5.55. The Labute approximate surface area is 166 Å². The molecule has 0 amide bonds. The number of nitrogens with zero attached hydrogens (tertiary/aromatic N) is 3. The van der Waals surface area contributed by atoms with Crippen LogP contribution in [0.4, 0.5) is 16.6 Å². The van der Waals surface area contributed by atoms with Crippen LogP contribution in [0.1, 0.15) is 13.8 Å². The number of methoxy groups -OCH3 is 1. The number of ether oxygens (including phenoxy) is 1. The van der Waals surface area contributed by atoms with Gasteiger partial charge >= 0.3 is 5.69 Å². The second-order valence-corrected chi connectivity index (χ2v) is 7.63. The molecule has 0 atom stereocenters. The number of benzene rings is 1. The maximum Gasteiger partial charge on any atom is 0.332 e. The van der Waals surface area contributed by atoms with Crippen LogP contribution >= 0.6 is 11.3 Å². The number of hydrogen-bond acceptors (Lipinski definition) is 7. The topological polar surface area (TPSA) is 104 Å². The third-order valence-corrected chi connectivity index (χ3v) is 5.00. The number of nitrogens with one attached hydrogen (secondary N) is 1. The lowest BCUT2D eigenvalue weighted by atomic mass is 10.2. The zero-order valence-corrected chi connectivity index (χ0v) is 17.0. The lowest BCUT2D eigenvalue weighted by molar-refractivity contribution is 0.417. The van der Waals surface area contributed by atoms with Gasteiger partial charge in [0.05, 0.1) is 18.5 Å². The van der Waals surface area contributed by atoms with Gasteiger partial charge in [-0.3, -0.25) is 13.9 Å². The highest BCUT2D eigenvalue weighted by molar-refractivity contribution is 7.14. The van der Waals surface area contributed by atoms with Crippen LogP contribution in [0.25, 0.3) is 11.3 Å². The van der Waals surface area contributed by atoms with Crippen molar-refractivity contribution in [3.8, 4) is 17.0 Å². The smallest absolute Gasteiger partial charge is 0.332 e. The van der Waals surface area contributed by atoms with Gasteiger partial charge in [-0.15, -0.1) is 11.3 Å². The van der Waals surface area contributed by atoms with Crippen LogP contribution in [0.2, 0.25) is 0 Å². The Balaban J connectivity index is 2.05. The maximum atomic E-state index is 12.7. The van der Waals surface area contributed by atoms with Crippen molar-refractivity contribution in [2.24, 2.45) is 13.0 Å². The van der Waals surface area contributed by atoms with E-state index >= 15 is 0 Å². The van der Waals surface area contributed by atoms with Crippen LogP contribution in [-0.2, 0) is 13.6 Å². The van der Waals surface area contributed by atoms with Gasteiger partial charge in [-0.2, -0.15) is 0 Å². The van der Waals surface area contributed by atoms with Crippen LogP contribution in [0.3, 0.4) is 0 Å². The van der Waals surface area contributed by atoms with Crippen molar-refractivity contribution >= 4 is 28.0 Å². The van der Waals surface area contributed by atoms with Gasteiger partial charge in [-0.05, 0) is 18.1 Å². The van der Waals surface area contributed by atoms with E-state index in [0.717, 1.165) is 10.3 Å². The van der Waals surface area contributed by atoms with Gasteiger partial charge in [0.1, 0.15) is 17.1 Å². The van der Waals surface area contributed by atoms with E-state index < -0.39 is 11.2 Å². The monoisotopic (exact) mass is 401 g/mol. The number of nitrogens with two attached hydrogens (primary N) is 1. The molecule has 0 aliphatic carbocycles. The summed E-state index contributed by atoms with van der Waals surface area (Å²) < 4.78 is 7.83. The van der Waals surface area contributed by atoms with Gasteiger partial charge in [0.2, 0.25) is 0 Å². The third-order valence-electron chi connectivity index (χ3n) is 4.24. The molecule has 0 bridgehead atoms. The Morgan fingerprint density at radius 1 is 1.29 bits per heavy atom. The van der Waals surface area contributed by atoms with Crippen molar-refractivity contribution in [3.05, 3.63) is 50.5 Å². The fraction of sp³-hybridized carbons (Fsp3) is 0.316. The first kappa shape index (κ1) is 19.7. The molecule has 0 spiro atoms. The predicted octanol–water partition coefficient (Wildman–Crippen LogP) is 2.66. The highest BCUT2D eigenvalue weighted by Gasteiger charge is 2.20. The lowest BCUT2D eigenvalue weighted by Crippen LogP contribution is -2.41. The van der Waals surface area contributed by atoms with Gasteiger partial charge in [0.15, 0.2) is 5.13 Å². The van der Waals surface area contributed by atoms with Crippen LogP contribution in [0, 0.1) is 5.92 Å². The Morgan fingerprint density at radius 2 is 2.00 bits per heavy atom. The molecule has 0 radical (unpaired) electrons. The van der Waals surface area contributed by atoms with Crippen molar-refractivity contribution in [1.82, 2.24) is 14.1 Å². The van der Waals surface area contributed by atoms with Crippen molar-refractivity contribution in [2.45, 2.75) is 20.4 Å². The van der Waals surface area contributed by atoms with Crippen molar-refractivity contribution in [1.29, 1.82) is 0 Å². The van der Waals surface area contributed by atoms with Gasteiger partial charge < -0.3 is 15.8 Å². The Hall–Kier alpha value is -3.07. The zero-order valence-electron chi connectivity index (χ0n) is 16.2. The molecule has 0 aliphatic heterocycles. The highest BCUT2D eigenvalue weighted by Crippen LogP contribution is 2.31. The molecule has 0 unspecified atom stereocenters. The van der Waals surface area contributed by atoms with Crippen molar-refractivity contribution in [2.75, 3.05) is 18.2 Å². The molecule has 28 heavy (non-hydrogen) atoms. The number of anilines is 3. The first-order valence-corrected chi connectivity index (χ1v) is 9.66. The maximum absolute atomic E-state index is 12.7. The molecular formula is C19H23N5O3S. The largest absolute Gasteiger partial charge is 0.495 e. The second kappa shape index (κ2) is 7.89. The second-order valence-electron chi connectivity index (χ2n) is 6.77. The highest BCUT2D eigenvalue weighted by atomic mass is 32.1. The van der Waals surface area contributed by atoms with Gasteiger partial charge in [-0.25, -0.2) is 9.78 Å². The van der Waals surface area contributed by atoms with Crippen molar-refractivity contribution in [3.63, 3.8) is 0 Å². The Morgan fingerprint density at radius 3 is 2.68 bits per heavy atom. The van der Waals surface area contributed by atoms with E-state index in [-0.39, 0.29) is 17.3 Å². The molecule has 8 nitrogen and oxygen atoms in total. The zero-order chi connectivity index (χ0) is 20.4. The minimum atomic E-state index is -0.461. The molecule has 3 aromatic rings. The van der Waals surface area contributed by atoms with E-state index in [1.807, 2.05) is 38.1 Å². The molecule has 1 aromatic carbocycles. The SMILES string of the molecule is COc1ccccc1Nc1nc(-c2c(N)n(CC(C)C)c(=O)n(C)c2=O)cs1. The summed E-state index contributed by atoms with van der Waals surface area (Å²) in [5.41, 5.74) is 6.74. The number of rotatable bonds is 6. The van der Waals surface area contributed by atoms with Crippen molar-refractivity contribution < 1.29 is 4.74 Å². The Bertz CT molecular complexity index is 1110. The summed E-state index contributed by atoms with van der Waals surface area (Å²) in [5, 5.41) is 5.52. The van der Waals surface area contributed by atoms with Gasteiger partial charge in [0, 0.05) is 19.0 Å². The fourth-order valence-electron chi connectivity index (χ4n) is 2.87. The van der Waals surface area contributed by atoms with Gasteiger partial charge in [0.25, 0.3) is 5.56 Å². The molecule has 0 saturated carbocycles. The van der Waals surface area contributed by atoms with E-state index in [1.165, 1.54) is 23.0 Å². The average molecular weight is 401 g/mol. The quantitative estimate of drug-likeness (QED) is 0.658. The summed E-state index contributed by atoms with van der Waals surface area (Å²) in [6.07, 6.45) is 0. The van der Waals surface area contributed by atoms with Crippen LogP contribution in [0.5, 0.6) is 5.75 Å². The molecular weight excluding hydrogens is 378 g/mol. The number of para-hydroxylation sites is 2. The summed E-state index contributed by atoms with van der Waals surface area (Å²) >= 11 is 1.34.